The van der Waals surface area contributed by atoms with Crippen molar-refractivity contribution in [2.45, 2.75) is 0 Å². The average Bonchev–Trinajstić information content (AvgIpc) is 3.52. The van der Waals surface area contributed by atoms with E-state index >= 15 is 0 Å². The summed E-state index contributed by atoms with van der Waals surface area (Å²) < 4.78 is 40.5. The van der Waals surface area contributed by atoms with E-state index < -0.39 is 17.2 Å². The van der Waals surface area contributed by atoms with Crippen LogP contribution in [0.1, 0.15) is 1.37 Å². The van der Waals surface area contributed by atoms with Crippen molar-refractivity contribution in [3.05, 3.63) is 96.0 Å². The molecular formula is C26H21Cl2FN6O2S. The lowest BCUT2D eigenvalue weighted by Crippen LogP contribution is -2.07. The van der Waals surface area contributed by atoms with Crippen molar-refractivity contribution in [2.24, 2.45) is 0 Å². The van der Waals surface area contributed by atoms with Crippen LogP contribution in [0.25, 0.3) is 44.3 Å². The molecule has 6 aromatic rings. The van der Waals surface area contributed by atoms with Crippen LogP contribution in [-0.2, 0) is 10.0 Å². The van der Waals surface area contributed by atoms with Gasteiger partial charge in [0.1, 0.15) is 0 Å². The van der Waals surface area contributed by atoms with E-state index in [9.17, 15) is 12.8 Å². The van der Waals surface area contributed by atoms with E-state index in [0.717, 1.165) is 33.8 Å². The minimum Gasteiger partial charge on any atom is -0.360 e. The second kappa shape index (κ2) is 11.7. The fraction of sp³-hybridized carbons (Fsp3) is 0.0769. The maximum atomic E-state index is 11.9. The number of hydrogen-bond acceptors (Lipinski definition) is 6. The molecule has 0 atom stereocenters. The van der Waals surface area contributed by atoms with Crippen molar-refractivity contribution < 1.29 is 14.2 Å². The number of halogens is 3. The molecule has 0 bridgehead atoms. The normalized spacial score (nSPS) is 11.3. The summed E-state index contributed by atoms with van der Waals surface area (Å²) in [6.07, 6.45) is 7.85. The number of nitrogens with zero attached hydrogens (tertiary/aromatic N) is 5. The number of fused-ring (bicyclic) bond motifs is 2. The molecule has 8 nitrogen and oxygen atoms in total. The molecule has 12 heteroatoms. The van der Waals surface area contributed by atoms with Gasteiger partial charge in [-0.1, -0.05) is 36.4 Å². The summed E-state index contributed by atoms with van der Waals surface area (Å²) >= 11 is 11.6. The van der Waals surface area contributed by atoms with E-state index in [-0.39, 0.29) is 10.6 Å². The van der Waals surface area contributed by atoms with Gasteiger partial charge in [-0.15, -0.1) is 0 Å². The van der Waals surface area contributed by atoms with E-state index in [1.54, 1.807) is 30.6 Å². The molecule has 0 saturated carbocycles. The molecule has 1 N–H and O–H groups in total. The molecule has 0 aliphatic carbocycles. The van der Waals surface area contributed by atoms with Crippen molar-refractivity contribution in [3.8, 4) is 22.5 Å². The maximum absolute atomic E-state index is 11.9. The van der Waals surface area contributed by atoms with Gasteiger partial charge in [-0.05, 0) is 47.5 Å². The number of H-pyrrole nitrogens is 1. The van der Waals surface area contributed by atoms with Crippen molar-refractivity contribution in [2.75, 3.05) is 13.4 Å². The Morgan fingerprint density at radius 3 is 2.03 bits per heavy atom. The van der Waals surface area contributed by atoms with Gasteiger partial charge in [-0.2, -0.15) is 0 Å². The van der Waals surface area contributed by atoms with Crippen LogP contribution < -0.4 is 0 Å². The first kappa shape index (κ1) is 25.8. The van der Waals surface area contributed by atoms with Gasteiger partial charge >= 0.3 is 0 Å². The SMILES string of the molecule is CS(=O)(=O)n1cc(-c2ccnc(Cl)n2)c2ccccc21.Clc1nccc(-c2c[nH]c3ccccc23)n1.[2H]CF. The van der Waals surface area contributed by atoms with Crippen LogP contribution >= 0.6 is 23.2 Å². The van der Waals surface area contributed by atoms with Crippen molar-refractivity contribution in [1.29, 1.82) is 0 Å². The van der Waals surface area contributed by atoms with Gasteiger partial charge in [-0.3, -0.25) is 4.39 Å². The molecule has 0 amide bonds. The van der Waals surface area contributed by atoms with Crippen LogP contribution in [-0.4, -0.2) is 50.7 Å². The molecule has 194 valence electrons. The smallest absolute Gasteiger partial charge is 0.236 e. The lowest BCUT2D eigenvalue weighted by molar-refractivity contribution is 0.595. The summed E-state index contributed by atoms with van der Waals surface area (Å²) in [6.45, 7) is 0. The monoisotopic (exact) mass is 571 g/mol. The van der Waals surface area contributed by atoms with Gasteiger partial charge in [0.25, 0.3) is 0 Å². The van der Waals surface area contributed by atoms with E-state index in [2.05, 4.69) is 31.0 Å². The number of aromatic amines is 1. The standard InChI is InChI=1S/C13H10ClN3O2S.C12H8ClN3.CH3F/c1-20(18,19)17-8-10(9-4-2-3-5-12(9)17)11-6-7-15-13(14)16-11;13-12-14-6-5-11(16-12)9-7-15-10-4-2-1-3-8(9)10;1-2/h2-8H,1H3;1-7,15H;1H3/i;;1D. The van der Waals surface area contributed by atoms with Gasteiger partial charge in [-0.25, -0.2) is 32.3 Å². The number of alkyl halides is 1. The predicted molar refractivity (Wildman–Crippen MR) is 150 cm³/mol. The molecule has 0 spiro atoms. The molecule has 0 aliphatic rings. The Kier molecular flexibility index (Phi) is 7.92. The minimum absolute atomic E-state index is 0.124. The van der Waals surface area contributed by atoms with Gasteiger partial charge in [0.15, 0.2) is 0 Å². The average molecular weight is 572 g/mol. The van der Waals surface area contributed by atoms with Gasteiger partial charge < -0.3 is 4.98 Å². The third kappa shape index (κ3) is 5.83. The molecule has 0 aliphatic heterocycles. The highest BCUT2D eigenvalue weighted by atomic mass is 35.5. The summed E-state index contributed by atoms with van der Waals surface area (Å²) in [5, 5.41) is 2.33. The van der Waals surface area contributed by atoms with Crippen LogP contribution in [0.5, 0.6) is 0 Å². The lowest BCUT2D eigenvalue weighted by Gasteiger charge is -2.00. The third-order valence-corrected chi connectivity index (χ3v) is 6.81. The predicted octanol–water partition coefficient (Wildman–Crippen LogP) is 6.42. The quantitative estimate of drug-likeness (QED) is 0.245. The molecule has 0 saturated heterocycles. The summed E-state index contributed by atoms with van der Waals surface area (Å²) in [6, 6.07) is 18.9. The highest BCUT2D eigenvalue weighted by molar-refractivity contribution is 7.89. The van der Waals surface area contributed by atoms with E-state index in [1.165, 1.54) is 10.2 Å². The highest BCUT2D eigenvalue weighted by Crippen LogP contribution is 2.30. The molecule has 6 rings (SSSR count). The second-order valence-electron chi connectivity index (χ2n) is 7.79. The Morgan fingerprint density at radius 2 is 1.42 bits per heavy atom. The topological polar surface area (TPSA) is 106 Å². The zero-order valence-electron chi connectivity index (χ0n) is 20.9. The number of aromatic nitrogens is 6. The van der Waals surface area contributed by atoms with Crippen LogP contribution in [0.3, 0.4) is 0 Å². The molecule has 0 fully saturated rings. The Balaban J connectivity index is 0.000000168. The first-order valence-electron chi connectivity index (χ1n) is 11.6. The Hall–Kier alpha value is -3.86. The second-order valence-corrected chi connectivity index (χ2v) is 10.3. The number of benzene rings is 2. The minimum atomic E-state index is -3.39. The van der Waals surface area contributed by atoms with Gasteiger partial charge in [0.05, 0.1) is 31.7 Å². The Morgan fingerprint density at radius 1 is 0.868 bits per heavy atom. The number of rotatable bonds is 3. The van der Waals surface area contributed by atoms with Crippen molar-refractivity contribution in [1.82, 2.24) is 28.9 Å². The Labute approximate surface area is 229 Å². The first-order chi connectivity index (χ1) is 18.7. The van der Waals surface area contributed by atoms with Crippen molar-refractivity contribution >= 4 is 55.0 Å². The van der Waals surface area contributed by atoms with E-state index in [1.807, 2.05) is 42.6 Å². The maximum Gasteiger partial charge on any atom is 0.236 e. The van der Waals surface area contributed by atoms with Gasteiger partial charge in [0.2, 0.25) is 20.6 Å². The van der Waals surface area contributed by atoms with Crippen molar-refractivity contribution in [3.63, 3.8) is 0 Å². The Bertz CT molecular complexity index is 1850. The molecule has 38 heavy (non-hydrogen) atoms. The van der Waals surface area contributed by atoms with Crippen LogP contribution in [0.15, 0.2) is 85.5 Å². The molecule has 2 aromatic carbocycles. The summed E-state index contributed by atoms with van der Waals surface area (Å²) in [5.41, 5.74) is 4.86. The summed E-state index contributed by atoms with van der Waals surface area (Å²) in [5.74, 6) is 0. The zero-order valence-corrected chi connectivity index (χ0v) is 22.2. The first-order valence-corrected chi connectivity index (χ1v) is 13.5. The van der Waals surface area contributed by atoms with Gasteiger partial charge in [0, 0.05) is 52.2 Å². The fourth-order valence-electron chi connectivity index (χ4n) is 3.88. The van der Waals surface area contributed by atoms with E-state index in [4.69, 9.17) is 24.6 Å². The molecule has 4 heterocycles. The highest BCUT2D eigenvalue weighted by Gasteiger charge is 2.16. The number of nitrogens with one attached hydrogen (secondary N) is 1. The van der Waals surface area contributed by atoms with E-state index in [0.29, 0.717) is 16.8 Å². The number of hydrogen-bond donors (Lipinski definition) is 1. The number of para-hydroxylation sites is 2. The fourth-order valence-corrected chi connectivity index (χ4v) is 4.99. The molecule has 0 radical (unpaired) electrons. The molecule has 4 aromatic heterocycles. The van der Waals surface area contributed by atoms with Crippen LogP contribution in [0.4, 0.5) is 4.39 Å². The summed E-state index contributed by atoms with van der Waals surface area (Å²) in [7, 11) is -4.39. The van der Waals surface area contributed by atoms with Crippen LogP contribution in [0, 0.1) is 0 Å². The molecule has 0 unspecified atom stereocenters. The molecular weight excluding hydrogens is 550 g/mol. The zero-order chi connectivity index (χ0) is 28.0. The summed E-state index contributed by atoms with van der Waals surface area (Å²) in [4.78, 5) is 19.2. The van der Waals surface area contributed by atoms with Crippen LogP contribution in [0.2, 0.25) is 10.6 Å². The lowest BCUT2D eigenvalue weighted by atomic mass is 10.1. The largest absolute Gasteiger partial charge is 0.360 e. The third-order valence-electron chi connectivity index (χ3n) is 5.43.